The van der Waals surface area contributed by atoms with E-state index in [1.165, 1.54) is 25.9 Å². The summed E-state index contributed by atoms with van der Waals surface area (Å²) in [5, 5.41) is 0.443. The number of benzene rings is 2. The van der Waals surface area contributed by atoms with Crippen molar-refractivity contribution >= 4 is 16.8 Å². The summed E-state index contributed by atoms with van der Waals surface area (Å²) < 4.78 is 23.1. The molecule has 32 heavy (non-hydrogen) atoms. The number of nitrogens with zero attached hydrogens (tertiary/aromatic N) is 3. The van der Waals surface area contributed by atoms with Gasteiger partial charge in [0.25, 0.3) is 5.56 Å². The minimum Gasteiger partial charge on any atom is -0.493 e. The second kappa shape index (κ2) is 9.27. The van der Waals surface area contributed by atoms with Crippen LogP contribution in [0.2, 0.25) is 0 Å². The number of rotatable bonds is 6. The number of carbonyl (C=O) groups excluding carboxylic acids is 1. The third kappa shape index (κ3) is 3.99. The van der Waals surface area contributed by atoms with Gasteiger partial charge in [-0.15, -0.1) is 0 Å². The maximum atomic E-state index is 13.4. The Bertz CT molecular complexity index is 1180. The first-order chi connectivity index (χ1) is 15.6. The van der Waals surface area contributed by atoms with Crippen LogP contribution in [0, 0.1) is 0 Å². The van der Waals surface area contributed by atoms with Gasteiger partial charge in [-0.3, -0.25) is 14.2 Å². The van der Waals surface area contributed by atoms with Crippen LogP contribution in [0.3, 0.4) is 0 Å². The fourth-order valence-corrected chi connectivity index (χ4v) is 3.79. The molecule has 0 N–H and O–H groups in total. The average molecular weight is 439 g/mol. The molecule has 3 aromatic rings. The number of ether oxygens (including phenoxy) is 4. The van der Waals surface area contributed by atoms with Gasteiger partial charge in [-0.1, -0.05) is 12.1 Å². The quantitative estimate of drug-likeness (QED) is 0.580. The van der Waals surface area contributed by atoms with Crippen molar-refractivity contribution in [3.05, 3.63) is 46.8 Å². The Hall–Kier alpha value is -3.59. The molecule has 0 atom stereocenters. The van der Waals surface area contributed by atoms with Crippen LogP contribution in [-0.4, -0.2) is 68.0 Å². The molecule has 2 heterocycles. The van der Waals surface area contributed by atoms with Gasteiger partial charge >= 0.3 is 0 Å². The Labute approximate surface area is 185 Å². The molecule has 0 bridgehead atoms. The van der Waals surface area contributed by atoms with E-state index in [0.29, 0.717) is 65.8 Å². The number of hydrogen-bond donors (Lipinski definition) is 0. The van der Waals surface area contributed by atoms with E-state index in [-0.39, 0.29) is 18.0 Å². The first-order valence-corrected chi connectivity index (χ1v) is 10.2. The summed E-state index contributed by atoms with van der Waals surface area (Å²) in [7, 11) is 4.55. The molecule has 9 heteroatoms. The maximum absolute atomic E-state index is 13.4. The number of carbonyl (C=O) groups is 1. The average Bonchev–Trinajstić information content (AvgIpc) is 2.85. The number of hydrogen-bond acceptors (Lipinski definition) is 7. The van der Waals surface area contributed by atoms with Gasteiger partial charge in [0.15, 0.2) is 11.5 Å². The van der Waals surface area contributed by atoms with E-state index >= 15 is 0 Å². The molecule has 1 aliphatic heterocycles. The third-order valence-electron chi connectivity index (χ3n) is 5.44. The molecule has 2 aromatic carbocycles. The van der Waals surface area contributed by atoms with E-state index < -0.39 is 0 Å². The molecule has 1 amide bonds. The minimum absolute atomic E-state index is 0.136. The van der Waals surface area contributed by atoms with Crippen molar-refractivity contribution in [2.24, 2.45) is 0 Å². The molecule has 168 valence electrons. The van der Waals surface area contributed by atoms with Crippen LogP contribution < -0.4 is 19.8 Å². The van der Waals surface area contributed by atoms with Crippen molar-refractivity contribution in [3.63, 3.8) is 0 Å². The highest BCUT2D eigenvalue weighted by Crippen LogP contribution is 2.40. The predicted molar refractivity (Wildman–Crippen MR) is 118 cm³/mol. The minimum atomic E-state index is -0.291. The fraction of sp³-hybridized carbons (Fsp3) is 0.348. The van der Waals surface area contributed by atoms with Gasteiger partial charge in [0, 0.05) is 18.7 Å². The van der Waals surface area contributed by atoms with Gasteiger partial charge in [0.2, 0.25) is 11.7 Å². The molecule has 0 aliphatic carbocycles. The van der Waals surface area contributed by atoms with E-state index in [1.807, 2.05) is 6.07 Å². The first-order valence-electron chi connectivity index (χ1n) is 10.2. The van der Waals surface area contributed by atoms with Crippen LogP contribution in [0.4, 0.5) is 0 Å². The number of aromatic nitrogens is 2. The maximum Gasteiger partial charge on any atom is 0.262 e. The second-order valence-corrected chi connectivity index (χ2v) is 7.25. The Balaban J connectivity index is 1.89. The molecular weight excluding hydrogens is 414 g/mol. The molecule has 9 nitrogen and oxygen atoms in total. The predicted octanol–water partition coefficient (Wildman–Crippen LogP) is 1.95. The molecule has 1 aromatic heterocycles. The van der Waals surface area contributed by atoms with Gasteiger partial charge in [0.05, 0.1) is 45.4 Å². The molecule has 0 spiro atoms. The molecule has 0 radical (unpaired) electrons. The largest absolute Gasteiger partial charge is 0.493 e. The molecule has 4 rings (SSSR count). The van der Waals surface area contributed by atoms with Crippen molar-refractivity contribution in [1.29, 1.82) is 0 Å². The summed E-state index contributed by atoms with van der Waals surface area (Å²) in [6, 6.07) is 10.5. The summed E-state index contributed by atoms with van der Waals surface area (Å²) in [5.74, 6) is 1.46. The highest BCUT2D eigenvalue weighted by Gasteiger charge is 2.23. The Morgan fingerprint density at radius 3 is 2.31 bits per heavy atom. The molecule has 0 unspecified atom stereocenters. The third-order valence-corrected chi connectivity index (χ3v) is 5.44. The van der Waals surface area contributed by atoms with Crippen molar-refractivity contribution in [2.45, 2.75) is 6.54 Å². The van der Waals surface area contributed by atoms with Crippen LogP contribution in [-0.2, 0) is 16.1 Å². The smallest absolute Gasteiger partial charge is 0.262 e. The number of morpholine rings is 1. The zero-order valence-electron chi connectivity index (χ0n) is 18.3. The summed E-state index contributed by atoms with van der Waals surface area (Å²) in [5.41, 5.74) is 0.814. The highest BCUT2D eigenvalue weighted by atomic mass is 16.5. The summed E-state index contributed by atoms with van der Waals surface area (Å²) >= 11 is 0. The number of fused-ring (bicyclic) bond motifs is 1. The summed E-state index contributed by atoms with van der Waals surface area (Å²) in [6.07, 6.45) is 0. The lowest BCUT2D eigenvalue weighted by Gasteiger charge is -2.27. The second-order valence-electron chi connectivity index (χ2n) is 7.25. The van der Waals surface area contributed by atoms with Crippen LogP contribution in [0.25, 0.3) is 22.3 Å². The lowest BCUT2D eigenvalue weighted by molar-refractivity contribution is -0.135. The SMILES string of the molecule is COc1cc(-c2nc3ccccc3c(=O)n2CC(=O)N2CCOCC2)cc(OC)c1OC. The van der Waals surface area contributed by atoms with Gasteiger partial charge in [-0.05, 0) is 24.3 Å². The van der Waals surface area contributed by atoms with Crippen molar-refractivity contribution in [1.82, 2.24) is 14.5 Å². The van der Waals surface area contributed by atoms with E-state index in [9.17, 15) is 9.59 Å². The Morgan fingerprint density at radius 2 is 1.69 bits per heavy atom. The normalized spacial score (nSPS) is 13.8. The summed E-state index contributed by atoms with van der Waals surface area (Å²) in [6.45, 7) is 1.82. The number of methoxy groups -OCH3 is 3. The Morgan fingerprint density at radius 1 is 1.03 bits per heavy atom. The highest BCUT2D eigenvalue weighted by molar-refractivity contribution is 5.82. The lowest BCUT2D eigenvalue weighted by atomic mass is 10.1. The van der Waals surface area contributed by atoms with Crippen molar-refractivity contribution in [3.8, 4) is 28.6 Å². The standard InChI is InChI=1S/C23H25N3O6/c1-29-18-12-15(13-19(30-2)21(18)31-3)22-24-17-7-5-4-6-16(17)23(28)26(22)14-20(27)25-8-10-32-11-9-25/h4-7,12-13H,8-11,14H2,1-3H3. The topological polar surface area (TPSA) is 92.1 Å². The molecule has 1 fully saturated rings. The lowest BCUT2D eigenvalue weighted by Crippen LogP contribution is -2.43. The molecular formula is C23H25N3O6. The molecule has 0 saturated carbocycles. The first kappa shape index (κ1) is 21.6. The van der Waals surface area contributed by atoms with E-state index in [2.05, 4.69) is 0 Å². The number of amides is 1. The van der Waals surface area contributed by atoms with Crippen LogP contribution in [0.1, 0.15) is 0 Å². The van der Waals surface area contributed by atoms with Crippen molar-refractivity contribution < 1.29 is 23.7 Å². The zero-order valence-corrected chi connectivity index (χ0v) is 18.3. The van der Waals surface area contributed by atoms with E-state index in [1.54, 1.807) is 35.2 Å². The zero-order chi connectivity index (χ0) is 22.7. The molecule has 1 aliphatic rings. The number of para-hydroxylation sites is 1. The van der Waals surface area contributed by atoms with Gasteiger partial charge in [-0.2, -0.15) is 0 Å². The monoisotopic (exact) mass is 439 g/mol. The van der Waals surface area contributed by atoms with Crippen LogP contribution >= 0.6 is 0 Å². The van der Waals surface area contributed by atoms with Crippen molar-refractivity contribution in [2.75, 3.05) is 47.6 Å². The fourth-order valence-electron chi connectivity index (χ4n) is 3.79. The molecule has 1 saturated heterocycles. The van der Waals surface area contributed by atoms with E-state index in [0.717, 1.165) is 0 Å². The van der Waals surface area contributed by atoms with Gasteiger partial charge < -0.3 is 23.8 Å². The van der Waals surface area contributed by atoms with Crippen LogP contribution in [0.15, 0.2) is 41.2 Å². The Kier molecular flexibility index (Phi) is 6.27. The van der Waals surface area contributed by atoms with Crippen LogP contribution in [0.5, 0.6) is 17.2 Å². The van der Waals surface area contributed by atoms with Gasteiger partial charge in [0.1, 0.15) is 12.4 Å². The van der Waals surface area contributed by atoms with E-state index in [4.69, 9.17) is 23.9 Å². The summed E-state index contributed by atoms with van der Waals surface area (Å²) in [4.78, 5) is 32.8. The van der Waals surface area contributed by atoms with Gasteiger partial charge in [-0.25, -0.2) is 4.98 Å².